The first kappa shape index (κ1) is 13.8. The molecule has 2 N–H and O–H groups in total. The van der Waals surface area contributed by atoms with Gasteiger partial charge in [-0.25, -0.2) is 0 Å². The molecule has 2 aliphatic rings. The number of nitrogens with one attached hydrogen (secondary N) is 2. The molecule has 0 atom stereocenters. The van der Waals surface area contributed by atoms with Gasteiger partial charge in [0.05, 0.1) is 6.54 Å². The predicted octanol–water partition coefficient (Wildman–Crippen LogP) is 0.834. The molecule has 4 heteroatoms. The molecule has 1 heterocycles. The van der Waals surface area contributed by atoms with Crippen LogP contribution in [0.5, 0.6) is 0 Å². The smallest absolute Gasteiger partial charge is 0.234 e. The molecular formula is C14H27N3O. The summed E-state index contributed by atoms with van der Waals surface area (Å²) in [5.41, 5.74) is 0. The lowest BCUT2D eigenvalue weighted by molar-refractivity contribution is -0.122. The average molecular weight is 253 g/mol. The zero-order valence-electron chi connectivity index (χ0n) is 11.6. The monoisotopic (exact) mass is 253 g/mol. The number of piperidine rings is 1. The fourth-order valence-electron chi connectivity index (χ4n) is 2.54. The van der Waals surface area contributed by atoms with Crippen molar-refractivity contribution in [3.8, 4) is 0 Å². The van der Waals surface area contributed by atoms with Crippen molar-refractivity contribution in [1.82, 2.24) is 15.5 Å². The molecule has 2 rings (SSSR count). The molecule has 0 aromatic rings. The molecule has 4 nitrogen and oxygen atoms in total. The van der Waals surface area contributed by atoms with Crippen LogP contribution in [-0.2, 0) is 4.79 Å². The molecule has 0 spiro atoms. The van der Waals surface area contributed by atoms with E-state index in [2.05, 4.69) is 22.5 Å². The third kappa shape index (κ3) is 4.94. The molecule has 0 radical (unpaired) electrons. The summed E-state index contributed by atoms with van der Waals surface area (Å²) in [6.45, 7) is 8.00. The molecule has 0 bridgehead atoms. The highest BCUT2D eigenvalue weighted by Crippen LogP contribution is 2.27. The molecule has 1 aliphatic carbocycles. The van der Waals surface area contributed by atoms with Crippen LogP contribution in [0.25, 0.3) is 0 Å². The highest BCUT2D eigenvalue weighted by atomic mass is 16.2. The van der Waals surface area contributed by atoms with E-state index in [9.17, 15) is 4.79 Å². The van der Waals surface area contributed by atoms with Gasteiger partial charge >= 0.3 is 0 Å². The Morgan fingerprint density at radius 3 is 2.39 bits per heavy atom. The van der Waals surface area contributed by atoms with E-state index in [1.807, 2.05) is 0 Å². The van der Waals surface area contributed by atoms with Crippen molar-refractivity contribution in [2.24, 2.45) is 11.8 Å². The lowest BCUT2D eigenvalue weighted by Crippen LogP contribution is -2.43. The lowest BCUT2D eigenvalue weighted by atomic mass is 9.97. The standard InChI is InChI=1S/C14H27N3O/c1-2-15-9-13-5-7-17(8-6-13)11-14(18)16-10-12-3-4-12/h12-13,15H,2-11H2,1H3,(H,16,18). The van der Waals surface area contributed by atoms with Crippen LogP contribution in [-0.4, -0.2) is 50.1 Å². The van der Waals surface area contributed by atoms with Crippen LogP contribution in [0.2, 0.25) is 0 Å². The van der Waals surface area contributed by atoms with Crippen LogP contribution >= 0.6 is 0 Å². The zero-order chi connectivity index (χ0) is 12.8. The first-order chi connectivity index (χ1) is 8.78. The van der Waals surface area contributed by atoms with Gasteiger partial charge in [0.2, 0.25) is 5.91 Å². The van der Waals surface area contributed by atoms with Gasteiger partial charge < -0.3 is 10.6 Å². The molecular weight excluding hydrogens is 226 g/mol. The van der Waals surface area contributed by atoms with Gasteiger partial charge in [-0.05, 0) is 63.7 Å². The van der Waals surface area contributed by atoms with Crippen molar-refractivity contribution in [2.75, 3.05) is 39.3 Å². The van der Waals surface area contributed by atoms with Gasteiger partial charge in [0, 0.05) is 6.54 Å². The van der Waals surface area contributed by atoms with Crippen molar-refractivity contribution >= 4 is 5.91 Å². The third-order valence-electron chi connectivity index (χ3n) is 4.04. The normalized spacial score (nSPS) is 22.1. The minimum Gasteiger partial charge on any atom is -0.355 e. The van der Waals surface area contributed by atoms with Gasteiger partial charge in [-0.3, -0.25) is 9.69 Å². The minimum absolute atomic E-state index is 0.215. The second-order valence-corrected chi connectivity index (χ2v) is 5.77. The number of carbonyl (C=O) groups is 1. The quantitative estimate of drug-likeness (QED) is 0.706. The Kier molecular flexibility index (Phi) is 5.45. The lowest BCUT2D eigenvalue weighted by Gasteiger charge is -2.31. The van der Waals surface area contributed by atoms with Crippen molar-refractivity contribution in [2.45, 2.75) is 32.6 Å². The summed E-state index contributed by atoms with van der Waals surface area (Å²) in [7, 11) is 0. The Balaban J connectivity index is 1.55. The van der Waals surface area contributed by atoms with Crippen LogP contribution in [0.15, 0.2) is 0 Å². The van der Waals surface area contributed by atoms with E-state index in [1.165, 1.54) is 25.7 Å². The fraction of sp³-hybridized carbons (Fsp3) is 0.929. The summed E-state index contributed by atoms with van der Waals surface area (Å²) >= 11 is 0. The molecule has 18 heavy (non-hydrogen) atoms. The summed E-state index contributed by atoms with van der Waals surface area (Å²) in [6, 6.07) is 0. The molecule has 1 aliphatic heterocycles. The van der Waals surface area contributed by atoms with Crippen molar-refractivity contribution in [3.05, 3.63) is 0 Å². The highest BCUT2D eigenvalue weighted by molar-refractivity contribution is 5.78. The predicted molar refractivity (Wildman–Crippen MR) is 73.4 cm³/mol. The molecule has 1 amide bonds. The maximum Gasteiger partial charge on any atom is 0.234 e. The third-order valence-corrected chi connectivity index (χ3v) is 4.04. The van der Waals surface area contributed by atoms with Crippen LogP contribution in [0.4, 0.5) is 0 Å². The van der Waals surface area contributed by atoms with Crippen molar-refractivity contribution in [3.63, 3.8) is 0 Å². The van der Waals surface area contributed by atoms with Gasteiger partial charge in [0.25, 0.3) is 0 Å². The molecule has 0 aromatic heterocycles. The fourth-order valence-corrected chi connectivity index (χ4v) is 2.54. The van der Waals surface area contributed by atoms with Gasteiger partial charge in [0.1, 0.15) is 0 Å². The number of hydrogen-bond acceptors (Lipinski definition) is 3. The van der Waals surface area contributed by atoms with Gasteiger partial charge in [-0.1, -0.05) is 6.92 Å². The summed E-state index contributed by atoms with van der Waals surface area (Å²) in [4.78, 5) is 14.0. The van der Waals surface area contributed by atoms with Gasteiger partial charge in [-0.15, -0.1) is 0 Å². The molecule has 104 valence electrons. The Morgan fingerprint density at radius 1 is 1.11 bits per heavy atom. The van der Waals surface area contributed by atoms with E-state index in [-0.39, 0.29) is 5.91 Å². The van der Waals surface area contributed by atoms with Gasteiger partial charge in [0.15, 0.2) is 0 Å². The van der Waals surface area contributed by atoms with E-state index in [0.717, 1.165) is 44.6 Å². The van der Waals surface area contributed by atoms with E-state index in [4.69, 9.17) is 0 Å². The van der Waals surface area contributed by atoms with E-state index >= 15 is 0 Å². The average Bonchev–Trinajstić information content (AvgIpc) is 3.20. The van der Waals surface area contributed by atoms with Crippen LogP contribution in [0.1, 0.15) is 32.6 Å². The number of rotatable bonds is 7. The highest BCUT2D eigenvalue weighted by Gasteiger charge is 2.23. The van der Waals surface area contributed by atoms with Crippen LogP contribution in [0.3, 0.4) is 0 Å². The Labute approximate surface area is 110 Å². The minimum atomic E-state index is 0.215. The van der Waals surface area contributed by atoms with E-state index in [0.29, 0.717) is 6.54 Å². The molecule has 0 unspecified atom stereocenters. The number of carbonyl (C=O) groups excluding carboxylic acids is 1. The molecule has 1 saturated carbocycles. The van der Waals surface area contributed by atoms with Crippen molar-refractivity contribution < 1.29 is 4.79 Å². The summed E-state index contributed by atoms with van der Waals surface area (Å²) in [5, 5.41) is 6.46. The van der Waals surface area contributed by atoms with E-state index in [1.54, 1.807) is 0 Å². The topological polar surface area (TPSA) is 44.4 Å². The number of amides is 1. The Bertz CT molecular complexity index is 258. The van der Waals surface area contributed by atoms with Gasteiger partial charge in [-0.2, -0.15) is 0 Å². The summed E-state index contributed by atoms with van der Waals surface area (Å²) < 4.78 is 0. The SMILES string of the molecule is CCNCC1CCN(CC(=O)NCC2CC2)CC1. The molecule has 1 saturated heterocycles. The largest absolute Gasteiger partial charge is 0.355 e. The maximum absolute atomic E-state index is 11.7. The Hall–Kier alpha value is -0.610. The first-order valence-electron chi connectivity index (χ1n) is 7.47. The van der Waals surface area contributed by atoms with Crippen LogP contribution < -0.4 is 10.6 Å². The Morgan fingerprint density at radius 2 is 1.78 bits per heavy atom. The second kappa shape index (κ2) is 7.10. The number of nitrogens with zero attached hydrogens (tertiary/aromatic N) is 1. The van der Waals surface area contributed by atoms with Crippen molar-refractivity contribution in [1.29, 1.82) is 0 Å². The number of likely N-dealkylation sites (tertiary alicyclic amines) is 1. The molecule has 2 fully saturated rings. The van der Waals surface area contributed by atoms with E-state index < -0.39 is 0 Å². The summed E-state index contributed by atoms with van der Waals surface area (Å²) in [6.07, 6.45) is 5.05. The maximum atomic E-state index is 11.7. The zero-order valence-corrected chi connectivity index (χ0v) is 11.6. The second-order valence-electron chi connectivity index (χ2n) is 5.77. The first-order valence-corrected chi connectivity index (χ1v) is 7.47. The number of hydrogen-bond donors (Lipinski definition) is 2. The summed E-state index contributed by atoms with van der Waals surface area (Å²) in [5.74, 6) is 1.79. The molecule has 0 aromatic carbocycles. The van der Waals surface area contributed by atoms with Crippen LogP contribution in [0, 0.1) is 11.8 Å².